The van der Waals surface area contributed by atoms with Crippen LogP contribution in [0, 0.1) is 0 Å². The van der Waals surface area contributed by atoms with Crippen LogP contribution in [0.1, 0.15) is 30.2 Å². The standard InChI is InChI=1S/C13H16ClF2NO2S/c1-7-5-12(2-3-17-7)10-8(4-9(14)20-10)13(18,6-19-12)11(15)16/h4,7,11,17-18H,2-3,5-6H2,1H3/t7-,12+,13?/m0/s1. The molecule has 1 fully saturated rings. The zero-order valence-electron chi connectivity index (χ0n) is 11.0. The Balaban J connectivity index is 2.09. The van der Waals surface area contributed by atoms with E-state index in [1.54, 1.807) is 0 Å². The topological polar surface area (TPSA) is 41.5 Å². The second-order valence-electron chi connectivity index (χ2n) is 5.61. The zero-order valence-corrected chi connectivity index (χ0v) is 12.5. The highest BCUT2D eigenvalue weighted by Crippen LogP contribution is 2.52. The quantitative estimate of drug-likeness (QED) is 0.835. The number of rotatable bonds is 1. The second kappa shape index (κ2) is 4.88. The van der Waals surface area contributed by atoms with Gasteiger partial charge in [0.25, 0.3) is 6.43 Å². The maximum Gasteiger partial charge on any atom is 0.273 e. The van der Waals surface area contributed by atoms with Gasteiger partial charge in [-0.15, -0.1) is 11.3 Å². The Morgan fingerprint density at radius 3 is 3.00 bits per heavy atom. The Morgan fingerprint density at radius 1 is 1.60 bits per heavy atom. The van der Waals surface area contributed by atoms with Crippen LogP contribution in [0.15, 0.2) is 6.07 Å². The Morgan fingerprint density at radius 2 is 2.35 bits per heavy atom. The predicted molar refractivity (Wildman–Crippen MR) is 73.6 cm³/mol. The lowest BCUT2D eigenvalue weighted by molar-refractivity contribution is -0.204. The van der Waals surface area contributed by atoms with E-state index in [0.717, 1.165) is 6.54 Å². The number of fused-ring (bicyclic) bond motifs is 2. The van der Waals surface area contributed by atoms with Crippen LogP contribution >= 0.6 is 22.9 Å². The molecule has 1 aromatic rings. The number of halogens is 3. The first-order chi connectivity index (χ1) is 9.37. The maximum absolute atomic E-state index is 13.2. The highest BCUT2D eigenvalue weighted by Gasteiger charge is 2.54. The van der Waals surface area contributed by atoms with Crippen molar-refractivity contribution in [2.45, 2.75) is 43.4 Å². The fourth-order valence-electron chi connectivity index (χ4n) is 3.12. The van der Waals surface area contributed by atoms with Crippen molar-refractivity contribution in [2.75, 3.05) is 13.2 Å². The van der Waals surface area contributed by atoms with Gasteiger partial charge in [0.2, 0.25) is 0 Å². The summed E-state index contributed by atoms with van der Waals surface area (Å²) in [4.78, 5) is 0.657. The normalized spacial score (nSPS) is 37.4. The molecule has 0 saturated carbocycles. The summed E-state index contributed by atoms with van der Waals surface area (Å²) >= 11 is 7.25. The smallest absolute Gasteiger partial charge is 0.273 e. The molecule has 20 heavy (non-hydrogen) atoms. The van der Waals surface area contributed by atoms with E-state index in [2.05, 4.69) is 5.32 Å². The van der Waals surface area contributed by atoms with Gasteiger partial charge in [0, 0.05) is 16.5 Å². The van der Waals surface area contributed by atoms with Gasteiger partial charge in [-0.2, -0.15) is 0 Å². The summed E-state index contributed by atoms with van der Waals surface area (Å²) in [5.41, 5.74) is -2.61. The molecule has 2 N–H and O–H groups in total. The largest absolute Gasteiger partial charge is 0.377 e. The Kier molecular flexibility index (Phi) is 3.58. The van der Waals surface area contributed by atoms with E-state index < -0.39 is 24.2 Å². The molecule has 2 aliphatic heterocycles. The Hall–Kier alpha value is -0.270. The van der Waals surface area contributed by atoms with E-state index in [1.165, 1.54) is 17.4 Å². The van der Waals surface area contributed by atoms with Gasteiger partial charge in [-0.25, -0.2) is 8.78 Å². The fourth-order valence-corrected chi connectivity index (χ4v) is 4.61. The van der Waals surface area contributed by atoms with Gasteiger partial charge < -0.3 is 15.2 Å². The van der Waals surface area contributed by atoms with Gasteiger partial charge in [-0.05, 0) is 32.4 Å². The molecule has 3 atom stereocenters. The summed E-state index contributed by atoms with van der Waals surface area (Å²) in [6.45, 7) is 2.40. The second-order valence-corrected chi connectivity index (χ2v) is 7.29. The fraction of sp³-hybridized carbons (Fsp3) is 0.692. The van der Waals surface area contributed by atoms with E-state index in [1.807, 2.05) is 6.92 Å². The van der Waals surface area contributed by atoms with E-state index >= 15 is 0 Å². The maximum atomic E-state index is 13.2. The van der Waals surface area contributed by atoms with E-state index in [0.29, 0.717) is 22.1 Å². The first kappa shape index (κ1) is 14.7. The van der Waals surface area contributed by atoms with Crippen LogP contribution in [0.2, 0.25) is 4.34 Å². The zero-order chi connectivity index (χ0) is 14.5. The number of hydrogen-bond donors (Lipinski definition) is 2. The predicted octanol–water partition coefficient (Wildman–Crippen LogP) is 2.85. The number of aliphatic hydroxyl groups is 1. The molecule has 0 radical (unpaired) electrons. The van der Waals surface area contributed by atoms with Crippen molar-refractivity contribution >= 4 is 22.9 Å². The summed E-state index contributed by atoms with van der Waals surface area (Å²) in [5, 5.41) is 13.6. The lowest BCUT2D eigenvalue weighted by Crippen LogP contribution is -2.54. The van der Waals surface area contributed by atoms with Crippen molar-refractivity contribution in [2.24, 2.45) is 0 Å². The molecular weight excluding hydrogens is 308 g/mol. The summed E-state index contributed by atoms with van der Waals surface area (Å²) in [5.74, 6) is 0. The van der Waals surface area contributed by atoms with Gasteiger partial charge in [0.15, 0.2) is 5.60 Å². The van der Waals surface area contributed by atoms with Crippen molar-refractivity contribution in [1.82, 2.24) is 5.32 Å². The molecule has 2 aliphatic rings. The molecule has 0 bridgehead atoms. The first-order valence-electron chi connectivity index (χ1n) is 6.55. The van der Waals surface area contributed by atoms with Gasteiger partial charge in [0.1, 0.15) is 5.60 Å². The van der Waals surface area contributed by atoms with Crippen LogP contribution < -0.4 is 5.32 Å². The van der Waals surface area contributed by atoms with E-state index in [9.17, 15) is 13.9 Å². The van der Waals surface area contributed by atoms with Gasteiger partial charge in [0.05, 0.1) is 10.9 Å². The monoisotopic (exact) mass is 323 g/mol. The lowest BCUT2D eigenvalue weighted by atomic mass is 9.79. The third-order valence-corrected chi connectivity index (χ3v) is 5.62. The van der Waals surface area contributed by atoms with E-state index in [4.69, 9.17) is 16.3 Å². The highest BCUT2D eigenvalue weighted by molar-refractivity contribution is 7.16. The summed E-state index contributed by atoms with van der Waals surface area (Å²) in [6.07, 6.45) is -1.51. The van der Waals surface area contributed by atoms with Crippen molar-refractivity contribution in [3.8, 4) is 0 Å². The van der Waals surface area contributed by atoms with Crippen LogP contribution in [0.25, 0.3) is 0 Å². The molecule has 1 saturated heterocycles. The number of thiophene rings is 1. The van der Waals surface area contributed by atoms with Crippen molar-refractivity contribution in [1.29, 1.82) is 0 Å². The molecule has 112 valence electrons. The molecule has 7 heteroatoms. The molecule has 3 rings (SSSR count). The van der Waals surface area contributed by atoms with Crippen LogP contribution in [0.4, 0.5) is 8.78 Å². The molecule has 0 aromatic carbocycles. The lowest BCUT2D eigenvalue weighted by Gasteiger charge is -2.46. The third-order valence-electron chi connectivity index (χ3n) is 4.17. The van der Waals surface area contributed by atoms with Crippen LogP contribution in [0.3, 0.4) is 0 Å². The van der Waals surface area contributed by atoms with Gasteiger partial charge >= 0.3 is 0 Å². The summed E-state index contributed by atoms with van der Waals surface area (Å²) < 4.78 is 32.7. The molecule has 0 amide bonds. The number of hydrogen-bond acceptors (Lipinski definition) is 4. The summed E-state index contributed by atoms with van der Waals surface area (Å²) in [7, 11) is 0. The van der Waals surface area contributed by atoms with Gasteiger partial charge in [-0.1, -0.05) is 11.6 Å². The van der Waals surface area contributed by atoms with Crippen LogP contribution in [-0.2, 0) is 15.9 Å². The van der Waals surface area contributed by atoms with Gasteiger partial charge in [-0.3, -0.25) is 0 Å². The molecule has 3 heterocycles. The summed E-state index contributed by atoms with van der Waals surface area (Å²) in [6, 6.07) is 1.69. The molecule has 0 aliphatic carbocycles. The molecule has 3 nitrogen and oxygen atoms in total. The highest BCUT2D eigenvalue weighted by atomic mass is 35.5. The molecule has 1 spiro atoms. The molecule has 1 aromatic heterocycles. The van der Waals surface area contributed by atoms with Crippen LogP contribution in [-0.4, -0.2) is 30.7 Å². The number of piperidine rings is 1. The molecule has 1 unspecified atom stereocenters. The first-order valence-corrected chi connectivity index (χ1v) is 7.75. The Bertz CT molecular complexity index is 526. The van der Waals surface area contributed by atoms with Crippen molar-refractivity contribution < 1.29 is 18.6 Å². The average molecular weight is 324 g/mol. The van der Waals surface area contributed by atoms with Crippen LogP contribution in [0.5, 0.6) is 0 Å². The number of alkyl halides is 2. The minimum absolute atomic E-state index is 0.232. The number of ether oxygens (including phenoxy) is 1. The van der Waals surface area contributed by atoms with E-state index in [-0.39, 0.29) is 11.6 Å². The van der Waals surface area contributed by atoms with Crippen molar-refractivity contribution in [3.63, 3.8) is 0 Å². The molecular formula is C13H16ClF2NO2S. The SMILES string of the molecule is C[C@H]1C[C@@]2(CCN1)OCC(O)(C(F)F)c1cc(Cl)sc12. The van der Waals surface area contributed by atoms with Crippen molar-refractivity contribution in [3.05, 3.63) is 20.8 Å². The Labute approximate surface area is 124 Å². The third kappa shape index (κ3) is 2.09. The number of nitrogens with one attached hydrogen (secondary N) is 1. The minimum atomic E-state index is -2.90. The average Bonchev–Trinajstić information content (AvgIpc) is 2.78. The minimum Gasteiger partial charge on any atom is -0.377 e.